The maximum Gasteiger partial charge on any atom is 0.345 e. The molecule has 0 aromatic carbocycles. The quantitative estimate of drug-likeness (QED) is 0.657. The van der Waals surface area contributed by atoms with E-state index in [2.05, 4.69) is 50.9 Å². The highest BCUT2D eigenvalue weighted by Crippen LogP contribution is 2.50. The van der Waals surface area contributed by atoms with Crippen molar-refractivity contribution in [3.8, 4) is 0 Å². The Labute approximate surface area is 149 Å². The van der Waals surface area contributed by atoms with Crippen molar-refractivity contribution >= 4 is 17.0 Å². The van der Waals surface area contributed by atoms with E-state index in [1.807, 2.05) is 12.1 Å². The van der Waals surface area contributed by atoms with Gasteiger partial charge in [0.1, 0.15) is 5.76 Å². The first kappa shape index (κ1) is 17.7. The molecule has 0 bridgehead atoms. The van der Waals surface area contributed by atoms with Crippen LogP contribution in [-0.2, 0) is 0 Å². The number of nitrogens with zero attached hydrogens (tertiary/aromatic N) is 1. The Morgan fingerprint density at radius 1 is 1.44 bits per heavy atom. The molecule has 3 nitrogen and oxygen atoms in total. The summed E-state index contributed by atoms with van der Waals surface area (Å²) in [6, 6.07) is 3.61. The molecule has 1 aliphatic carbocycles. The third kappa shape index (κ3) is 2.97. The van der Waals surface area contributed by atoms with Gasteiger partial charge in [-0.25, -0.2) is 4.79 Å². The highest BCUT2D eigenvalue weighted by atomic mass is 16.4. The Kier molecular flexibility index (Phi) is 4.94. The number of hydrogen-bond acceptors (Lipinski definition) is 3. The molecule has 2 aromatic heterocycles. The molecule has 0 saturated heterocycles. The van der Waals surface area contributed by atoms with Crippen LogP contribution in [0, 0.1) is 11.3 Å². The molecule has 3 heteroatoms. The molecule has 0 fully saturated rings. The molecule has 0 amide bonds. The van der Waals surface area contributed by atoms with Gasteiger partial charge in [-0.1, -0.05) is 52.3 Å². The van der Waals surface area contributed by atoms with Gasteiger partial charge in [0, 0.05) is 17.7 Å². The van der Waals surface area contributed by atoms with Gasteiger partial charge in [-0.05, 0) is 42.4 Å². The van der Waals surface area contributed by atoms with Crippen LogP contribution in [0.4, 0.5) is 0 Å². The zero-order valence-corrected chi connectivity index (χ0v) is 15.6. The van der Waals surface area contributed by atoms with E-state index in [1.165, 1.54) is 0 Å². The third-order valence-corrected chi connectivity index (χ3v) is 5.88. The first-order valence-electron chi connectivity index (χ1n) is 9.28. The van der Waals surface area contributed by atoms with Crippen molar-refractivity contribution in [3.63, 3.8) is 0 Å². The predicted molar refractivity (Wildman–Crippen MR) is 104 cm³/mol. The second kappa shape index (κ2) is 6.99. The Morgan fingerprint density at radius 2 is 2.24 bits per heavy atom. The van der Waals surface area contributed by atoms with Crippen LogP contribution in [0.3, 0.4) is 0 Å². The lowest BCUT2D eigenvalue weighted by Gasteiger charge is -2.41. The minimum atomic E-state index is -0.304. The van der Waals surface area contributed by atoms with Gasteiger partial charge in [0.25, 0.3) is 0 Å². The summed E-state index contributed by atoms with van der Waals surface area (Å²) in [5.74, 6) is 1.42. The molecule has 0 N–H and O–H groups in total. The van der Waals surface area contributed by atoms with Gasteiger partial charge >= 0.3 is 5.63 Å². The second-order valence-electron chi connectivity index (χ2n) is 7.24. The minimum Gasteiger partial charge on any atom is -0.423 e. The van der Waals surface area contributed by atoms with Crippen molar-refractivity contribution < 1.29 is 4.42 Å². The van der Waals surface area contributed by atoms with Gasteiger partial charge < -0.3 is 4.42 Å². The molecule has 0 saturated carbocycles. The Balaban J connectivity index is 2.27. The largest absolute Gasteiger partial charge is 0.423 e. The van der Waals surface area contributed by atoms with E-state index in [0.717, 1.165) is 30.3 Å². The van der Waals surface area contributed by atoms with Crippen LogP contribution in [-0.4, -0.2) is 4.98 Å². The number of fused-ring (bicyclic) bond motifs is 3. The van der Waals surface area contributed by atoms with E-state index in [1.54, 1.807) is 12.3 Å². The first-order valence-corrected chi connectivity index (χ1v) is 9.28. The van der Waals surface area contributed by atoms with Crippen molar-refractivity contribution in [2.75, 3.05) is 0 Å². The number of hydrogen-bond donors (Lipinski definition) is 0. The van der Waals surface area contributed by atoms with E-state index in [4.69, 9.17) is 4.42 Å². The molecule has 0 spiro atoms. The Hall–Kier alpha value is -2.16. The fourth-order valence-electron chi connectivity index (χ4n) is 4.00. The fourth-order valence-corrected chi connectivity index (χ4v) is 4.00. The molecule has 1 aliphatic rings. The average Bonchev–Trinajstić information content (AvgIpc) is 2.65. The van der Waals surface area contributed by atoms with Crippen molar-refractivity contribution in [1.82, 2.24) is 4.98 Å². The van der Waals surface area contributed by atoms with Crippen molar-refractivity contribution in [3.05, 3.63) is 58.3 Å². The molecule has 0 aliphatic heterocycles. The summed E-state index contributed by atoms with van der Waals surface area (Å²) in [6.07, 6.45) is 13.5. The molecular weight excluding hydrogens is 310 g/mol. The second-order valence-corrected chi connectivity index (χ2v) is 7.24. The zero-order chi connectivity index (χ0) is 18.0. The van der Waals surface area contributed by atoms with Crippen LogP contribution in [0.5, 0.6) is 0 Å². The summed E-state index contributed by atoms with van der Waals surface area (Å²) >= 11 is 0. The third-order valence-electron chi connectivity index (χ3n) is 5.88. The minimum absolute atomic E-state index is 0.0192. The molecular formula is C22H27NO2. The van der Waals surface area contributed by atoms with Crippen LogP contribution in [0.15, 0.2) is 45.8 Å². The van der Waals surface area contributed by atoms with Crippen LogP contribution < -0.4 is 5.63 Å². The van der Waals surface area contributed by atoms with Crippen LogP contribution in [0.1, 0.15) is 64.2 Å². The van der Waals surface area contributed by atoms with Gasteiger partial charge in [-0.15, -0.1) is 0 Å². The van der Waals surface area contributed by atoms with Gasteiger partial charge in [-0.3, -0.25) is 4.98 Å². The van der Waals surface area contributed by atoms with E-state index < -0.39 is 0 Å². The van der Waals surface area contributed by atoms with Crippen molar-refractivity contribution in [2.24, 2.45) is 11.3 Å². The normalized spacial score (nSPS) is 20.6. The number of allylic oxidation sites excluding steroid dienone is 3. The zero-order valence-electron chi connectivity index (χ0n) is 15.6. The number of pyridine rings is 1. The standard InChI is InChI=1S/C22H27NO2/c1-5-7-13-22(4,15(3)6-2)17-11-8-12-18-19(17)20-16(21(24)25-18)10-9-14-23-20/h7-10,12-15,17H,5-6,11H2,1-4H3. The summed E-state index contributed by atoms with van der Waals surface area (Å²) in [6.45, 7) is 9.05. The highest BCUT2D eigenvalue weighted by Gasteiger charge is 2.40. The lowest BCUT2D eigenvalue weighted by Crippen LogP contribution is -2.32. The predicted octanol–water partition coefficient (Wildman–Crippen LogP) is 5.71. The molecule has 2 heterocycles. The lowest BCUT2D eigenvalue weighted by atomic mass is 9.62. The van der Waals surface area contributed by atoms with Crippen LogP contribution in [0.25, 0.3) is 17.0 Å². The van der Waals surface area contributed by atoms with Crippen LogP contribution in [0.2, 0.25) is 0 Å². The summed E-state index contributed by atoms with van der Waals surface area (Å²) in [5.41, 5.74) is 1.56. The van der Waals surface area contributed by atoms with Gasteiger partial charge in [0.2, 0.25) is 0 Å². The molecule has 2 aromatic rings. The average molecular weight is 337 g/mol. The molecule has 3 atom stereocenters. The van der Waals surface area contributed by atoms with E-state index in [-0.39, 0.29) is 17.0 Å². The smallest absolute Gasteiger partial charge is 0.345 e. The monoisotopic (exact) mass is 337 g/mol. The lowest BCUT2D eigenvalue weighted by molar-refractivity contribution is 0.210. The summed E-state index contributed by atoms with van der Waals surface area (Å²) in [4.78, 5) is 16.9. The molecule has 3 unspecified atom stereocenters. The summed E-state index contributed by atoms with van der Waals surface area (Å²) in [5, 5.41) is 0.576. The van der Waals surface area contributed by atoms with E-state index >= 15 is 0 Å². The molecule has 0 radical (unpaired) electrons. The fraction of sp³-hybridized carbons (Fsp3) is 0.455. The molecule has 3 rings (SSSR count). The summed E-state index contributed by atoms with van der Waals surface area (Å²) < 4.78 is 5.65. The maximum absolute atomic E-state index is 12.3. The number of aromatic nitrogens is 1. The van der Waals surface area contributed by atoms with Crippen molar-refractivity contribution in [1.29, 1.82) is 0 Å². The Bertz CT molecular complexity index is 877. The molecule has 132 valence electrons. The van der Waals surface area contributed by atoms with Gasteiger partial charge in [-0.2, -0.15) is 0 Å². The summed E-state index contributed by atoms with van der Waals surface area (Å²) in [7, 11) is 0. The van der Waals surface area contributed by atoms with Crippen molar-refractivity contribution in [2.45, 2.75) is 52.9 Å². The topological polar surface area (TPSA) is 43.1 Å². The first-order chi connectivity index (χ1) is 12.0. The number of rotatable bonds is 5. The highest BCUT2D eigenvalue weighted by molar-refractivity contribution is 5.83. The van der Waals surface area contributed by atoms with E-state index in [0.29, 0.717) is 17.1 Å². The Morgan fingerprint density at radius 3 is 2.96 bits per heavy atom. The maximum atomic E-state index is 12.3. The SMILES string of the molecule is CCC=CC(C)(C(C)CC)C1CC=Cc2oc(=O)c3cccnc3c21. The van der Waals surface area contributed by atoms with E-state index in [9.17, 15) is 4.79 Å². The molecule has 25 heavy (non-hydrogen) atoms. The van der Waals surface area contributed by atoms with Gasteiger partial charge in [0.05, 0.1) is 10.9 Å². The van der Waals surface area contributed by atoms with Gasteiger partial charge in [0.15, 0.2) is 0 Å². The van der Waals surface area contributed by atoms with Crippen LogP contribution >= 0.6 is 0 Å².